The Labute approximate surface area is 178 Å². The van der Waals surface area contributed by atoms with Gasteiger partial charge in [0.15, 0.2) is 11.5 Å². The molecule has 8 heteroatoms. The van der Waals surface area contributed by atoms with Crippen LogP contribution < -0.4 is 14.8 Å². The van der Waals surface area contributed by atoms with Crippen LogP contribution in [-0.4, -0.2) is 46.7 Å². The Hall–Kier alpha value is -3.39. The first-order valence-corrected chi connectivity index (χ1v) is 10.3. The molecular formula is C23H21N3O5. The maximum atomic E-state index is 13.4. The van der Waals surface area contributed by atoms with Gasteiger partial charge in [0.25, 0.3) is 0 Å². The van der Waals surface area contributed by atoms with Gasteiger partial charge in [0.1, 0.15) is 5.60 Å². The minimum atomic E-state index is -0.728. The predicted molar refractivity (Wildman–Crippen MR) is 108 cm³/mol. The second-order valence-electron chi connectivity index (χ2n) is 8.36. The second kappa shape index (κ2) is 6.81. The van der Waals surface area contributed by atoms with Gasteiger partial charge in [-0.3, -0.25) is 14.6 Å². The Morgan fingerprint density at radius 1 is 1.23 bits per heavy atom. The Morgan fingerprint density at radius 2 is 2.13 bits per heavy atom. The van der Waals surface area contributed by atoms with Gasteiger partial charge in [0, 0.05) is 25.5 Å². The van der Waals surface area contributed by atoms with Crippen molar-refractivity contribution >= 4 is 11.8 Å². The lowest BCUT2D eigenvalue weighted by Gasteiger charge is -2.23. The van der Waals surface area contributed by atoms with Gasteiger partial charge in [0.2, 0.25) is 18.6 Å². The van der Waals surface area contributed by atoms with Gasteiger partial charge in [-0.15, -0.1) is 0 Å². The number of fused-ring (bicyclic) bond motifs is 2. The van der Waals surface area contributed by atoms with Gasteiger partial charge in [-0.2, -0.15) is 0 Å². The second-order valence-corrected chi connectivity index (χ2v) is 8.36. The number of hydrogen-bond acceptors (Lipinski definition) is 6. The van der Waals surface area contributed by atoms with Crippen LogP contribution in [0.1, 0.15) is 11.1 Å². The van der Waals surface area contributed by atoms with Gasteiger partial charge in [-0.25, -0.2) is 0 Å². The molecule has 2 bridgehead atoms. The van der Waals surface area contributed by atoms with Crippen LogP contribution in [0.2, 0.25) is 0 Å². The van der Waals surface area contributed by atoms with Crippen LogP contribution in [0.5, 0.6) is 11.5 Å². The maximum absolute atomic E-state index is 13.4. The highest BCUT2D eigenvalue weighted by molar-refractivity contribution is 5.93. The third kappa shape index (κ3) is 2.90. The number of ether oxygens (including phenoxy) is 3. The molecule has 6 rings (SSSR count). The first-order chi connectivity index (χ1) is 15.1. The molecular weight excluding hydrogens is 398 g/mol. The van der Waals surface area contributed by atoms with Crippen molar-refractivity contribution in [2.24, 2.45) is 11.8 Å². The summed E-state index contributed by atoms with van der Waals surface area (Å²) in [4.78, 5) is 32.2. The number of aromatic nitrogens is 1. The summed E-state index contributed by atoms with van der Waals surface area (Å²) >= 11 is 0. The third-order valence-corrected chi connectivity index (χ3v) is 6.48. The minimum absolute atomic E-state index is 0.0500. The molecule has 1 spiro atoms. The number of carbonyl (C=O) groups excluding carboxylic acids is 2. The van der Waals surface area contributed by atoms with Crippen LogP contribution in [-0.2, 0) is 27.4 Å². The van der Waals surface area contributed by atoms with Crippen LogP contribution in [0.4, 0.5) is 0 Å². The Bertz CT molecular complexity index is 1090. The minimum Gasteiger partial charge on any atom is -0.454 e. The number of likely N-dealkylation sites (tertiary alicyclic amines) is 1. The molecule has 4 atom stereocenters. The zero-order valence-corrected chi connectivity index (χ0v) is 16.7. The van der Waals surface area contributed by atoms with E-state index in [9.17, 15) is 9.59 Å². The van der Waals surface area contributed by atoms with E-state index in [4.69, 9.17) is 14.2 Å². The zero-order valence-electron chi connectivity index (χ0n) is 16.7. The van der Waals surface area contributed by atoms with E-state index >= 15 is 0 Å². The maximum Gasteiger partial charge on any atom is 0.231 e. The summed E-state index contributed by atoms with van der Waals surface area (Å²) in [5, 5.41) is 2.95. The summed E-state index contributed by atoms with van der Waals surface area (Å²) in [6.07, 6.45) is 6.92. The number of nitrogens with one attached hydrogen (secondary N) is 1. The average Bonchev–Trinajstić information content (AvgIpc) is 3.54. The number of amides is 2. The lowest BCUT2D eigenvalue weighted by Crippen LogP contribution is -2.43. The van der Waals surface area contributed by atoms with Crippen molar-refractivity contribution in [3.8, 4) is 11.5 Å². The van der Waals surface area contributed by atoms with Gasteiger partial charge in [-0.1, -0.05) is 24.3 Å². The van der Waals surface area contributed by atoms with E-state index in [1.54, 1.807) is 17.3 Å². The largest absolute Gasteiger partial charge is 0.454 e. The van der Waals surface area contributed by atoms with Crippen molar-refractivity contribution in [1.82, 2.24) is 15.2 Å². The van der Waals surface area contributed by atoms with Gasteiger partial charge in [0.05, 0.1) is 24.5 Å². The van der Waals surface area contributed by atoms with Gasteiger partial charge >= 0.3 is 0 Å². The van der Waals surface area contributed by atoms with E-state index in [0.29, 0.717) is 31.1 Å². The van der Waals surface area contributed by atoms with Crippen LogP contribution in [0, 0.1) is 11.8 Å². The highest BCUT2D eigenvalue weighted by atomic mass is 16.7. The summed E-state index contributed by atoms with van der Waals surface area (Å²) in [7, 11) is 0. The van der Waals surface area contributed by atoms with E-state index in [0.717, 1.165) is 11.1 Å². The molecule has 5 heterocycles. The molecule has 1 aromatic carbocycles. The molecule has 158 valence electrons. The van der Waals surface area contributed by atoms with E-state index in [-0.39, 0.29) is 24.7 Å². The van der Waals surface area contributed by atoms with E-state index < -0.39 is 17.4 Å². The Morgan fingerprint density at radius 3 is 3.00 bits per heavy atom. The fourth-order valence-corrected chi connectivity index (χ4v) is 5.08. The first-order valence-electron chi connectivity index (χ1n) is 10.3. The van der Waals surface area contributed by atoms with Gasteiger partial charge in [-0.05, 0) is 29.3 Å². The van der Waals surface area contributed by atoms with Gasteiger partial charge < -0.3 is 24.4 Å². The van der Waals surface area contributed by atoms with Crippen molar-refractivity contribution in [2.75, 3.05) is 13.3 Å². The monoisotopic (exact) mass is 419 g/mol. The molecule has 0 radical (unpaired) electrons. The molecule has 4 aliphatic rings. The molecule has 2 aromatic rings. The molecule has 1 N–H and O–H groups in total. The van der Waals surface area contributed by atoms with Crippen molar-refractivity contribution in [3.63, 3.8) is 0 Å². The fraction of sp³-hybridized carbons (Fsp3) is 0.348. The van der Waals surface area contributed by atoms with Crippen LogP contribution >= 0.6 is 0 Å². The molecule has 2 amide bonds. The van der Waals surface area contributed by atoms with Crippen molar-refractivity contribution < 1.29 is 23.8 Å². The third-order valence-electron chi connectivity index (χ3n) is 6.48. The standard InChI is InChI=1S/C23H21N3O5/c27-21(25-10-15-2-1-7-24-9-15)19-17-5-6-23(31-17)12-26(22(28)20(19)23)11-14-3-4-16-18(8-14)30-13-29-16/h1-9,17,19-20H,10-13H2,(H,25,27)/t17?,19?,20?,23-/m0/s1. The predicted octanol–water partition coefficient (Wildman–Crippen LogP) is 1.41. The summed E-state index contributed by atoms with van der Waals surface area (Å²) in [5.41, 5.74) is 1.13. The molecule has 0 saturated carbocycles. The molecule has 2 fully saturated rings. The summed E-state index contributed by atoms with van der Waals surface area (Å²) in [6, 6.07) is 9.41. The summed E-state index contributed by atoms with van der Waals surface area (Å²) < 4.78 is 17.0. The molecule has 3 unspecified atom stereocenters. The lowest BCUT2D eigenvalue weighted by atomic mass is 9.77. The van der Waals surface area contributed by atoms with E-state index in [2.05, 4.69) is 10.3 Å². The van der Waals surface area contributed by atoms with Crippen LogP contribution in [0.25, 0.3) is 0 Å². The van der Waals surface area contributed by atoms with E-state index in [1.807, 2.05) is 42.5 Å². The zero-order chi connectivity index (χ0) is 21.0. The fourth-order valence-electron chi connectivity index (χ4n) is 5.08. The Balaban J connectivity index is 1.19. The number of pyridine rings is 1. The molecule has 8 nitrogen and oxygen atoms in total. The lowest BCUT2D eigenvalue weighted by molar-refractivity contribution is -0.137. The quantitative estimate of drug-likeness (QED) is 0.737. The van der Waals surface area contributed by atoms with E-state index in [1.165, 1.54) is 0 Å². The number of carbonyl (C=O) groups is 2. The molecule has 31 heavy (non-hydrogen) atoms. The van der Waals surface area contributed by atoms with Crippen molar-refractivity contribution in [1.29, 1.82) is 0 Å². The van der Waals surface area contributed by atoms with Crippen LogP contribution in [0.3, 0.4) is 0 Å². The van der Waals surface area contributed by atoms with Crippen molar-refractivity contribution in [3.05, 3.63) is 66.0 Å². The highest BCUT2D eigenvalue weighted by Gasteiger charge is 2.66. The number of rotatable bonds is 5. The smallest absolute Gasteiger partial charge is 0.231 e. The summed E-state index contributed by atoms with van der Waals surface area (Å²) in [5.74, 6) is 0.144. The van der Waals surface area contributed by atoms with Crippen LogP contribution in [0.15, 0.2) is 54.9 Å². The molecule has 1 aromatic heterocycles. The topological polar surface area (TPSA) is 90.0 Å². The first kappa shape index (κ1) is 18.4. The highest BCUT2D eigenvalue weighted by Crippen LogP contribution is 2.52. The number of benzene rings is 1. The van der Waals surface area contributed by atoms with Crippen molar-refractivity contribution in [2.45, 2.75) is 24.8 Å². The number of nitrogens with zero attached hydrogens (tertiary/aromatic N) is 2. The summed E-state index contributed by atoms with van der Waals surface area (Å²) in [6.45, 7) is 1.45. The Kier molecular flexibility index (Phi) is 4.04. The SMILES string of the molecule is O=C(NCc1cccnc1)C1C2C=C[C@@]3(CN(Cc4ccc5c(c4)OCO5)C(=O)C13)O2. The molecule has 2 saturated heterocycles. The number of hydrogen-bond donors (Lipinski definition) is 1. The normalized spacial score (nSPS) is 29.5. The molecule has 0 aliphatic carbocycles. The molecule has 4 aliphatic heterocycles. The average molecular weight is 419 g/mol.